The van der Waals surface area contributed by atoms with Crippen LogP contribution in [0.25, 0.3) is 0 Å². The molecule has 2 aromatic carbocycles. The molecule has 1 unspecified atom stereocenters. The highest BCUT2D eigenvalue weighted by Gasteiger charge is 2.52. The fraction of sp³-hybridized carbons (Fsp3) is 0.368. The third-order valence-corrected chi connectivity index (χ3v) is 5.51. The van der Waals surface area contributed by atoms with E-state index >= 15 is 0 Å². The minimum atomic E-state index is -2.97. The third-order valence-electron chi connectivity index (χ3n) is 3.14. The maximum Gasteiger partial charge on any atom is 0.576 e. The zero-order chi connectivity index (χ0) is 18.3. The number of hydrogen-bond donors (Lipinski definition) is 0. The van der Waals surface area contributed by atoms with Crippen LogP contribution in [0.5, 0.6) is 0 Å². The third kappa shape index (κ3) is 7.02. The van der Waals surface area contributed by atoms with Gasteiger partial charge >= 0.3 is 8.17 Å². The van der Waals surface area contributed by atoms with Crippen molar-refractivity contribution in [2.24, 2.45) is 0 Å². The normalized spacial score (nSPS) is 14.3. The minimum Gasteiger partial charge on any atom is -0.156 e. The molecule has 1 atom stereocenters. The molecule has 0 aliphatic rings. The van der Waals surface area contributed by atoms with Gasteiger partial charge in [-0.05, 0) is 44.0 Å². The Morgan fingerprint density at radius 1 is 0.840 bits per heavy atom. The van der Waals surface area contributed by atoms with Crippen LogP contribution in [0, 0.1) is 0 Å². The maximum atomic E-state index is 6.06. The summed E-state index contributed by atoms with van der Waals surface area (Å²) in [5.74, 6) is 0. The largest absolute Gasteiger partial charge is 0.576 e. The van der Waals surface area contributed by atoms with Crippen molar-refractivity contribution in [1.82, 2.24) is 0 Å². The molecule has 6 heteroatoms. The SMILES string of the molecule is CO[P+](OCc1ccccc1)(OCc1ccc(Cl)cc1)OC(C)(C)C. The van der Waals surface area contributed by atoms with Crippen molar-refractivity contribution in [3.8, 4) is 0 Å². The average molecular weight is 384 g/mol. The number of hydrogen-bond acceptors (Lipinski definition) is 4. The molecule has 0 aliphatic carbocycles. The van der Waals surface area contributed by atoms with Gasteiger partial charge in [0.2, 0.25) is 0 Å². The van der Waals surface area contributed by atoms with Crippen LogP contribution in [-0.4, -0.2) is 12.7 Å². The predicted molar refractivity (Wildman–Crippen MR) is 102 cm³/mol. The van der Waals surface area contributed by atoms with E-state index in [2.05, 4.69) is 0 Å². The molecule has 0 heterocycles. The van der Waals surface area contributed by atoms with Crippen LogP contribution in [0.4, 0.5) is 0 Å². The van der Waals surface area contributed by atoms with Gasteiger partial charge < -0.3 is 0 Å². The summed E-state index contributed by atoms with van der Waals surface area (Å²) < 4.78 is 23.7. The number of rotatable bonds is 8. The fourth-order valence-electron chi connectivity index (χ4n) is 2.03. The molecule has 0 N–H and O–H groups in total. The summed E-state index contributed by atoms with van der Waals surface area (Å²) in [5.41, 5.74) is 1.52. The van der Waals surface area contributed by atoms with E-state index in [4.69, 9.17) is 29.7 Å². The van der Waals surface area contributed by atoms with Crippen LogP contribution in [0.2, 0.25) is 5.02 Å². The lowest BCUT2D eigenvalue weighted by Gasteiger charge is -2.25. The Morgan fingerprint density at radius 3 is 1.84 bits per heavy atom. The van der Waals surface area contributed by atoms with E-state index in [1.807, 2.05) is 75.4 Å². The molecule has 4 nitrogen and oxygen atoms in total. The molecular weight excluding hydrogens is 359 g/mol. The molecule has 0 fully saturated rings. The first-order chi connectivity index (χ1) is 11.8. The van der Waals surface area contributed by atoms with Crippen molar-refractivity contribution in [3.05, 3.63) is 70.7 Å². The Labute approximate surface area is 155 Å². The van der Waals surface area contributed by atoms with Crippen molar-refractivity contribution >= 4 is 19.8 Å². The minimum absolute atomic E-state index is 0.309. The van der Waals surface area contributed by atoms with E-state index in [0.29, 0.717) is 18.2 Å². The van der Waals surface area contributed by atoms with E-state index in [1.165, 1.54) is 0 Å². The predicted octanol–water partition coefficient (Wildman–Crippen LogP) is 6.21. The summed E-state index contributed by atoms with van der Waals surface area (Å²) in [6.45, 7) is 6.48. The molecule has 0 spiro atoms. The summed E-state index contributed by atoms with van der Waals surface area (Å²) in [6, 6.07) is 17.3. The van der Waals surface area contributed by atoms with Gasteiger partial charge in [0, 0.05) is 5.02 Å². The van der Waals surface area contributed by atoms with Crippen LogP contribution in [-0.2, 0) is 31.3 Å². The molecule has 0 saturated carbocycles. The van der Waals surface area contributed by atoms with Crippen molar-refractivity contribution < 1.29 is 18.1 Å². The maximum absolute atomic E-state index is 6.06. The smallest absolute Gasteiger partial charge is 0.156 e. The zero-order valence-corrected chi connectivity index (χ0v) is 16.7. The lowest BCUT2D eigenvalue weighted by Crippen LogP contribution is -2.23. The Kier molecular flexibility index (Phi) is 7.38. The van der Waals surface area contributed by atoms with E-state index in [-0.39, 0.29) is 0 Å². The van der Waals surface area contributed by atoms with Gasteiger partial charge in [-0.3, -0.25) is 0 Å². The standard InChI is InChI=1S/C19H25ClO4P/c1-19(2,3)24-25(21-4,22-14-16-8-6-5-7-9-16)23-15-17-10-12-18(20)13-11-17/h5-13H,14-15H2,1-4H3/q+1. The molecule has 0 saturated heterocycles. The molecule has 2 rings (SSSR count). The van der Waals surface area contributed by atoms with Crippen LogP contribution in [0.1, 0.15) is 31.9 Å². The summed E-state index contributed by atoms with van der Waals surface area (Å²) in [5, 5.41) is 0.683. The van der Waals surface area contributed by atoms with Crippen LogP contribution >= 0.6 is 19.8 Å². The molecule has 0 amide bonds. The Balaban J connectivity index is 2.10. The molecule has 0 bridgehead atoms. The van der Waals surface area contributed by atoms with Gasteiger partial charge in [0.05, 0.1) is 7.11 Å². The first kappa shape index (κ1) is 20.3. The van der Waals surface area contributed by atoms with Crippen molar-refractivity contribution in [3.63, 3.8) is 0 Å². The summed E-state index contributed by atoms with van der Waals surface area (Å²) in [4.78, 5) is 0. The van der Waals surface area contributed by atoms with Gasteiger partial charge in [-0.1, -0.05) is 54.1 Å². The molecule has 0 aromatic heterocycles. The average Bonchev–Trinajstić information content (AvgIpc) is 2.59. The zero-order valence-electron chi connectivity index (χ0n) is 15.1. The second-order valence-electron chi connectivity index (χ2n) is 6.49. The highest BCUT2D eigenvalue weighted by atomic mass is 35.5. The molecular formula is C19H25ClO4P+. The molecule has 2 aromatic rings. The molecule has 136 valence electrons. The second-order valence-corrected chi connectivity index (χ2v) is 8.89. The van der Waals surface area contributed by atoms with Crippen LogP contribution in [0.15, 0.2) is 54.6 Å². The Bertz CT molecular complexity index is 643. The highest BCUT2D eigenvalue weighted by Crippen LogP contribution is 2.65. The van der Waals surface area contributed by atoms with Gasteiger partial charge in [0.25, 0.3) is 0 Å². The van der Waals surface area contributed by atoms with Crippen LogP contribution in [0.3, 0.4) is 0 Å². The van der Waals surface area contributed by atoms with Crippen molar-refractivity contribution in [2.45, 2.75) is 39.6 Å². The van der Waals surface area contributed by atoms with Crippen molar-refractivity contribution in [1.29, 1.82) is 0 Å². The van der Waals surface area contributed by atoms with E-state index < -0.39 is 13.8 Å². The monoisotopic (exact) mass is 383 g/mol. The molecule has 0 aliphatic heterocycles. The summed E-state index contributed by atoms with van der Waals surface area (Å²) in [7, 11) is -1.43. The topological polar surface area (TPSA) is 36.9 Å². The number of benzene rings is 2. The Hall–Kier alpha value is -1.00. The fourth-order valence-corrected chi connectivity index (χ4v) is 3.91. The lowest BCUT2D eigenvalue weighted by molar-refractivity contribution is 0.00251. The highest BCUT2D eigenvalue weighted by molar-refractivity contribution is 7.56. The van der Waals surface area contributed by atoms with E-state index in [0.717, 1.165) is 11.1 Å². The first-order valence-corrected chi connectivity index (χ1v) is 9.89. The second kappa shape index (κ2) is 9.09. The molecule has 25 heavy (non-hydrogen) atoms. The van der Waals surface area contributed by atoms with Gasteiger partial charge in [0.1, 0.15) is 18.8 Å². The van der Waals surface area contributed by atoms with E-state index in [9.17, 15) is 0 Å². The first-order valence-electron chi connectivity index (χ1n) is 8.05. The van der Waals surface area contributed by atoms with Crippen LogP contribution < -0.4 is 0 Å². The summed E-state index contributed by atoms with van der Waals surface area (Å²) >= 11 is 5.93. The molecule has 0 radical (unpaired) electrons. The number of halogens is 1. The van der Waals surface area contributed by atoms with Gasteiger partial charge in [0.15, 0.2) is 0 Å². The van der Waals surface area contributed by atoms with Gasteiger partial charge in [-0.25, -0.2) is 0 Å². The van der Waals surface area contributed by atoms with Crippen molar-refractivity contribution in [2.75, 3.05) is 7.11 Å². The Morgan fingerprint density at radius 2 is 1.36 bits per heavy atom. The van der Waals surface area contributed by atoms with E-state index in [1.54, 1.807) is 7.11 Å². The van der Waals surface area contributed by atoms with Gasteiger partial charge in [-0.15, -0.1) is 13.6 Å². The quantitative estimate of drug-likeness (QED) is 0.507. The lowest BCUT2D eigenvalue weighted by atomic mass is 10.2. The van der Waals surface area contributed by atoms with Gasteiger partial charge in [-0.2, -0.15) is 4.52 Å². The summed E-state index contributed by atoms with van der Waals surface area (Å²) in [6.07, 6.45) is 0.